The standard InChI is InChI=1S/C19H16N4O3/c1-10(2)23-16-12(9-20-23)7-11(17(24)21-16)8-15-13-5-3-4-6-14(13)18(25)22-19(15)26/h3-10H,1-2H3,(H,21,24)(H,22,25,26). The molecule has 1 aromatic carbocycles. The monoisotopic (exact) mass is 348 g/mol. The van der Waals surface area contributed by atoms with Gasteiger partial charge < -0.3 is 4.98 Å². The van der Waals surface area contributed by atoms with E-state index >= 15 is 0 Å². The highest BCUT2D eigenvalue weighted by Crippen LogP contribution is 2.26. The number of H-pyrrole nitrogens is 1. The molecule has 130 valence electrons. The van der Waals surface area contributed by atoms with Gasteiger partial charge in [-0.2, -0.15) is 5.10 Å². The summed E-state index contributed by atoms with van der Waals surface area (Å²) < 4.78 is 1.73. The zero-order valence-electron chi connectivity index (χ0n) is 14.2. The van der Waals surface area contributed by atoms with Crippen LogP contribution in [0.4, 0.5) is 0 Å². The van der Waals surface area contributed by atoms with E-state index in [1.807, 2.05) is 13.8 Å². The van der Waals surface area contributed by atoms with Crippen LogP contribution in [0.2, 0.25) is 0 Å². The summed E-state index contributed by atoms with van der Waals surface area (Å²) in [6.07, 6.45) is 3.18. The quantitative estimate of drug-likeness (QED) is 0.547. The summed E-state index contributed by atoms with van der Waals surface area (Å²) in [7, 11) is 0. The Hall–Kier alpha value is -3.48. The van der Waals surface area contributed by atoms with Crippen LogP contribution in [-0.4, -0.2) is 26.6 Å². The van der Waals surface area contributed by atoms with Crippen molar-refractivity contribution >= 4 is 34.5 Å². The fraction of sp³-hybridized carbons (Fsp3) is 0.158. The summed E-state index contributed by atoms with van der Waals surface area (Å²) in [6.45, 7) is 3.95. The molecule has 2 amide bonds. The van der Waals surface area contributed by atoms with E-state index in [-0.39, 0.29) is 17.2 Å². The van der Waals surface area contributed by atoms with Crippen LogP contribution in [0.15, 0.2) is 41.3 Å². The van der Waals surface area contributed by atoms with Gasteiger partial charge in [-0.1, -0.05) is 18.2 Å². The van der Waals surface area contributed by atoms with Gasteiger partial charge in [0, 0.05) is 28.1 Å². The third kappa shape index (κ3) is 2.45. The van der Waals surface area contributed by atoms with Gasteiger partial charge in [-0.25, -0.2) is 4.68 Å². The number of fused-ring (bicyclic) bond motifs is 2. The SMILES string of the molecule is CC(C)n1ncc2cc(C=C3C(=O)NC(=O)c4ccccc43)c(=O)[nH]c21. The lowest BCUT2D eigenvalue weighted by molar-refractivity contribution is -0.114. The summed E-state index contributed by atoms with van der Waals surface area (Å²) in [5.41, 5.74) is 1.84. The van der Waals surface area contributed by atoms with Crippen molar-refractivity contribution in [3.05, 3.63) is 63.6 Å². The summed E-state index contributed by atoms with van der Waals surface area (Å²) in [4.78, 5) is 39.6. The topological polar surface area (TPSA) is 96.8 Å². The zero-order chi connectivity index (χ0) is 18.4. The number of carbonyl (C=O) groups is 2. The van der Waals surface area contributed by atoms with Gasteiger partial charge in [0.2, 0.25) is 0 Å². The molecule has 0 atom stereocenters. The molecule has 0 saturated carbocycles. The van der Waals surface area contributed by atoms with E-state index in [9.17, 15) is 14.4 Å². The number of aromatic amines is 1. The Morgan fingerprint density at radius 3 is 2.54 bits per heavy atom. The van der Waals surface area contributed by atoms with Crippen LogP contribution >= 0.6 is 0 Å². The Balaban J connectivity index is 1.90. The third-order valence-electron chi connectivity index (χ3n) is 4.35. The molecule has 2 aromatic heterocycles. The van der Waals surface area contributed by atoms with E-state index in [0.717, 1.165) is 5.39 Å². The fourth-order valence-corrected chi connectivity index (χ4v) is 3.10. The lowest BCUT2D eigenvalue weighted by atomic mass is 9.93. The maximum Gasteiger partial charge on any atom is 0.258 e. The molecular formula is C19H16N4O3. The first kappa shape index (κ1) is 16.0. The van der Waals surface area contributed by atoms with Gasteiger partial charge in [0.05, 0.1) is 6.20 Å². The van der Waals surface area contributed by atoms with E-state index in [4.69, 9.17) is 0 Å². The Morgan fingerprint density at radius 2 is 1.81 bits per heavy atom. The summed E-state index contributed by atoms with van der Waals surface area (Å²) in [5.74, 6) is -0.962. The van der Waals surface area contributed by atoms with Gasteiger partial charge in [0.1, 0.15) is 5.65 Å². The number of carbonyl (C=O) groups excluding carboxylic acids is 2. The minimum Gasteiger partial charge on any atom is -0.306 e. The van der Waals surface area contributed by atoms with Crippen molar-refractivity contribution in [2.24, 2.45) is 0 Å². The number of hydrogen-bond acceptors (Lipinski definition) is 4. The van der Waals surface area contributed by atoms with Crippen LogP contribution in [0.25, 0.3) is 22.7 Å². The number of hydrogen-bond donors (Lipinski definition) is 2. The second kappa shape index (κ2) is 5.80. The molecule has 3 aromatic rings. The van der Waals surface area contributed by atoms with Crippen LogP contribution in [-0.2, 0) is 4.79 Å². The van der Waals surface area contributed by atoms with Crippen molar-refractivity contribution in [1.82, 2.24) is 20.1 Å². The number of nitrogens with zero attached hydrogens (tertiary/aromatic N) is 2. The van der Waals surface area contributed by atoms with Gasteiger partial charge in [-0.05, 0) is 37.6 Å². The second-order valence-electron chi connectivity index (χ2n) is 6.43. The first-order valence-corrected chi connectivity index (χ1v) is 8.23. The van der Waals surface area contributed by atoms with Gasteiger partial charge in [0.15, 0.2) is 0 Å². The molecule has 4 rings (SSSR count). The molecule has 2 N–H and O–H groups in total. The lowest BCUT2D eigenvalue weighted by Gasteiger charge is -2.17. The van der Waals surface area contributed by atoms with Crippen LogP contribution in [0.5, 0.6) is 0 Å². The smallest absolute Gasteiger partial charge is 0.258 e. The molecule has 1 aliphatic rings. The van der Waals surface area contributed by atoms with E-state index in [2.05, 4.69) is 15.4 Å². The molecule has 0 radical (unpaired) electrons. The summed E-state index contributed by atoms with van der Waals surface area (Å²) >= 11 is 0. The van der Waals surface area contributed by atoms with E-state index in [1.165, 1.54) is 6.08 Å². The molecular weight excluding hydrogens is 332 g/mol. The minimum atomic E-state index is -0.522. The Labute approximate surface area is 148 Å². The van der Waals surface area contributed by atoms with Crippen LogP contribution in [0.3, 0.4) is 0 Å². The Bertz CT molecular complexity index is 1150. The van der Waals surface area contributed by atoms with E-state index in [0.29, 0.717) is 22.3 Å². The number of nitrogens with one attached hydrogen (secondary N) is 2. The van der Waals surface area contributed by atoms with Gasteiger partial charge in [-0.3, -0.25) is 19.7 Å². The number of rotatable bonds is 2. The largest absolute Gasteiger partial charge is 0.306 e. The molecule has 0 fully saturated rings. The normalized spacial score (nSPS) is 15.6. The van der Waals surface area contributed by atoms with Crippen molar-refractivity contribution in [2.75, 3.05) is 0 Å². The number of aromatic nitrogens is 3. The maximum atomic E-state index is 12.5. The summed E-state index contributed by atoms with van der Waals surface area (Å²) in [5, 5.41) is 7.36. The molecule has 26 heavy (non-hydrogen) atoms. The van der Waals surface area contributed by atoms with Crippen molar-refractivity contribution < 1.29 is 9.59 Å². The number of benzene rings is 1. The van der Waals surface area contributed by atoms with Crippen LogP contribution in [0.1, 0.15) is 41.4 Å². The average molecular weight is 348 g/mol. The van der Waals surface area contributed by atoms with Crippen molar-refractivity contribution in [3.63, 3.8) is 0 Å². The molecule has 1 aliphatic heterocycles. The Morgan fingerprint density at radius 1 is 1.08 bits per heavy atom. The number of amides is 2. The van der Waals surface area contributed by atoms with Gasteiger partial charge in [0.25, 0.3) is 17.4 Å². The highest BCUT2D eigenvalue weighted by atomic mass is 16.2. The molecule has 0 bridgehead atoms. The Kier molecular flexibility index (Phi) is 3.57. The fourth-order valence-electron chi connectivity index (χ4n) is 3.10. The first-order chi connectivity index (χ1) is 12.5. The molecule has 0 spiro atoms. The minimum absolute atomic E-state index is 0.106. The number of pyridine rings is 1. The molecule has 7 heteroatoms. The van der Waals surface area contributed by atoms with E-state index in [1.54, 1.807) is 41.2 Å². The maximum absolute atomic E-state index is 12.5. The highest BCUT2D eigenvalue weighted by Gasteiger charge is 2.26. The zero-order valence-corrected chi connectivity index (χ0v) is 14.2. The molecule has 0 unspecified atom stereocenters. The first-order valence-electron chi connectivity index (χ1n) is 8.23. The highest BCUT2D eigenvalue weighted by molar-refractivity contribution is 6.33. The van der Waals surface area contributed by atoms with Crippen LogP contribution in [0, 0.1) is 0 Å². The third-order valence-corrected chi connectivity index (χ3v) is 4.35. The van der Waals surface area contributed by atoms with Gasteiger partial charge in [-0.15, -0.1) is 0 Å². The van der Waals surface area contributed by atoms with Gasteiger partial charge >= 0.3 is 0 Å². The molecule has 3 heterocycles. The van der Waals surface area contributed by atoms with Crippen molar-refractivity contribution in [3.8, 4) is 0 Å². The predicted octanol–water partition coefficient (Wildman–Crippen LogP) is 2.12. The molecule has 0 saturated heterocycles. The van der Waals surface area contributed by atoms with E-state index < -0.39 is 11.8 Å². The molecule has 7 nitrogen and oxygen atoms in total. The van der Waals surface area contributed by atoms with Crippen LogP contribution < -0.4 is 10.9 Å². The predicted molar refractivity (Wildman–Crippen MR) is 97.5 cm³/mol. The summed E-state index contributed by atoms with van der Waals surface area (Å²) in [6, 6.07) is 8.62. The van der Waals surface area contributed by atoms with Crippen molar-refractivity contribution in [1.29, 1.82) is 0 Å². The molecule has 0 aliphatic carbocycles. The number of imide groups is 1. The average Bonchev–Trinajstić information content (AvgIpc) is 3.01. The second-order valence-corrected chi connectivity index (χ2v) is 6.43. The van der Waals surface area contributed by atoms with Crippen molar-refractivity contribution in [2.45, 2.75) is 19.9 Å². The lowest BCUT2D eigenvalue weighted by Crippen LogP contribution is -2.36.